The quantitative estimate of drug-likeness (QED) is 0.627. The first-order valence-corrected chi connectivity index (χ1v) is 2.19. The molecule has 1 aromatic rings. The number of nitrogens with two attached hydrogens (primary N) is 1. The highest BCUT2D eigenvalue weighted by Crippen LogP contribution is 2.17. The molecule has 0 aliphatic rings. The smallest absolute Gasteiger partial charge is 0.313 e. The van der Waals surface area contributed by atoms with E-state index in [2.05, 4.69) is 9.40 Å². The van der Waals surface area contributed by atoms with E-state index in [1.807, 2.05) is 0 Å². The maximum Gasteiger partial charge on any atom is 0.313 e. The highest BCUT2D eigenvalue weighted by Gasteiger charge is 2.12. The van der Waals surface area contributed by atoms with Crippen molar-refractivity contribution < 1.29 is 13.2 Å². The molecule has 5 heteroatoms. The Kier molecular flexibility index (Phi) is 1.33. The number of rotatable bonds is 1. The van der Waals surface area contributed by atoms with Gasteiger partial charge in [0.15, 0.2) is 5.82 Å². The summed E-state index contributed by atoms with van der Waals surface area (Å²) >= 11 is 0. The number of anilines is 1. The van der Waals surface area contributed by atoms with Gasteiger partial charge >= 0.3 is 6.43 Å². The van der Waals surface area contributed by atoms with Gasteiger partial charge < -0.3 is 10.2 Å². The van der Waals surface area contributed by atoms with Crippen molar-refractivity contribution in [2.24, 2.45) is 0 Å². The molecule has 0 unspecified atom stereocenters. The molecule has 0 aromatic carbocycles. The van der Waals surface area contributed by atoms with Crippen LogP contribution in [0, 0.1) is 0 Å². The molecule has 3 nitrogen and oxygen atoms in total. The lowest BCUT2D eigenvalue weighted by molar-refractivity contribution is 0.115. The van der Waals surface area contributed by atoms with Gasteiger partial charge in [-0.3, -0.25) is 0 Å². The Bertz CT molecular complexity index is 198. The van der Waals surface area contributed by atoms with Gasteiger partial charge in [0.25, 0.3) is 5.89 Å². The van der Waals surface area contributed by atoms with Gasteiger partial charge in [-0.2, -0.15) is 13.8 Å². The first-order valence-electron chi connectivity index (χ1n) is 2.19. The summed E-state index contributed by atoms with van der Waals surface area (Å²) in [5.74, 6) is -0.655. The fourth-order valence-corrected chi connectivity index (χ4v) is 0.401. The number of hydrogen-bond donors (Lipinski definition) is 1. The van der Waals surface area contributed by atoms with E-state index in [4.69, 9.17) is 5.73 Å². The summed E-state index contributed by atoms with van der Waals surface area (Å²) in [6.07, 6.45) is -1.70. The van der Waals surface area contributed by atoms with E-state index in [0.717, 1.165) is 6.26 Å². The topological polar surface area (TPSA) is 52.0 Å². The van der Waals surface area contributed by atoms with Crippen molar-refractivity contribution in [3.8, 4) is 0 Å². The highest BCUT2D eigenvalue weighted by molar-refractivity contribution is 5.21. The molecule has 0 saturated heterocycles. The molecule has 1 rings (SSSR count). The molecule has 0 bridgehead atoms. The van der Waals surface area contributed by atoms with Gasteiger partial charge in [0, 0.05) is 0 Å². The van der Waals surface area contributed by atoms with Crippen LogP contribution >= 0.6 is 0 Å². The van der Waals surface area contributed by atoms with Crippen molar-refractivity contribution in [2.45, 2.75) is 6.43 Å². The third kappa shape index (κ3) is 1.16. The molecular formula is C4H4F2N2O. The number of hydrogen-bond acceptors (Lipinski definition) is 3. The number of nitrogens with zero attached hydrogens (tertiary/aromatic N) is 1. The second kappa shape index (κ2) is 2.00. The van der Waals surface area contributed by atoms with Gasteiger partial charge in [-0.1, -0.05) is 0 Å². The predicted octanol–water partition coefficient (Wildman–Crippen LogP) is 1.19. The van der Waals surface area contributed by atoms with E-state index in [9.17, 15) is 8.78 Å². The standard InChI is InChI=1S/C4H4F2N2O/c5-3(6)4-8-2(7)1-9-4/h1,3H,7H2. The van der Waals surface area contributed by atoms with Crippen molar-refractivity contribution in [3.63, 3.8) is 0 Å². The second-order valence-corrected chi connectivity index (χ2v) is 1.41. The minimum Gasteiger partial charge on any atom is -0.442 e. The molecule has 0 amide bonds. The molecular weight excluding hydrogens is 130 g/mol. The fraction of sp³-hybridized carbons (Fsp3) is 0.250. The lowest BCUT2D eigenvalue weighted by atomic mass is 10.7. The molecule has 9 heavy (non-hydrogen) atoms. The van der Waals surface area contributed by atoms with Gasteiger partial charge in [-0.15, -0.1) is 0 Å². The van der Waals surface area contributed by atoms with Gasteiger partial charge in [0.1, 0.15) is 6.26 Å². The van der Waals surface area contributed by atoms with E-state index in [1.165, 1.54) is 0 Å². The van der Waals surface area contributed by atoms with Crippen molar-refractivity contribution >= 4 is 5.82 Å². The largest absolute Gasteiger partial charge is 0.442 e. The van der Waals surface area contributed by atoms with Crippen molar-refractivity contribution in [2.75, 3.05) is 5.73 Å². The fourth-order valence-electron chi connectivity index (χ4n) is 0.401. The van der Waals surface area contributed by atoms with Crippen LogP contribution in [0.15, 0.2) is 10.7 Å². The monoisotopic (exact) mass is 134 g/mol. The number of halogens is 2. The molecule has 0 spiro atoms. The van der Waals surface area contributed by atoms with Crippen molar-refractivity contribution in [1.82, 2.24) is 4.98 Å². The minimum atomic E-state index is -2.68. The van der Waals surface area contributed by atoms with E-state index >= 15 is 0 Å². The molecule has 50 valence electrons. The SMILES string of the molecule is Nc1coc(C(F)F)n1. The van der Waals surface area contributed by atoms with Crippen LogP contribution in [-0.2, 0) is 0 Å². The summed E-state index contributed by atoms with van der Waals surface area (Å²) in [4.78, 5) is 3.17. The van der Waals surface area contributed by atoms with Crippen LogP contribution in [0.1, 0.15) is 12.3 Å². The Morgan fingerprint density at radius 1 is 1.67 bits per heavy atom. The van der Waals surface area contributed by atoms with E-state index in [1.54, 1.807) is 0 Å². The summed E-state index contributed by atoms with van der Waals surface area (Å²) in [5, 5.41) is 0. The van der Waals surface area contributed by atoms with Gasteiger partial charge in [0.2, 0.25) is 0 Å². The zero-order valence-electron chi connectivity index (χ0n) is 4.34. The molecule has 0 radical (unpaired) electrons. The molecule has 1 aromatic heterocycles. The summed E-state index contributed by atoms with van der Waals surface area (Å²) in [7, 11) is 0. The zero-order valence-corrected chi connectivity index (χ0v) is 4.34. The van der Waals surface area contributed by atoms with E-state index in [0.29, 0.717) is 0 Å². The van der Waals surface area contributed by atoms with Crippen LogP contribution in [-0.4, -0.2) is 4.98 Å². The third-order valence-electron chi connectivity index (χ3n) is 0.726. The maximum absolute atomic E-state index is 11.6. The minimum absolute atomic E-state index is 0.0229. The molecule has 1 heterocycles. The summed E-state index contributed by atoms with van der Waals surface area (Å²) < 4.78 is 27.4. The summed E-state index contributed by atoms with van der Waals surface area (Å²) in [6.45, 7) is 0. The zero-order chi connectivity index (χ0) is 6.85. The van der Waals surface area contributed by atoms with Crippen LogP contribution in [0.3, 0.4) is 0 Å². The van der Waals surface area contributed by atoms with E-state index < -0.39 is 12.3 Å². The van der Waals surface area contributed by atoms with Gasteiger partial charge in [-0.05, 0) is 0 Å². The van der Waals surface area contributed by atoms with Crippen LogP contribution in [0.2, 0.25) is 0 Å². The normalized spacial score (nSPS) is 10.6. The Hall–Kier alpha value is -1.13. The molecule has 2 N–H and O–H groups in total. The van der Waals surface area contributed by atoms with Crippen LogP contribution in [0.25, 0.3) is 0 Å². The maximum atomic E-state index is 11.6. The van der Waals surface area contributed by atoms with Crippen LogP contribution < -0.4 is 5.73 Å². The number of aromatic nitrogens is 1. The van der Waals surface area contributed by atoms with Gasteiger partial charge in [0.05, 0.1) is 0 Å². The second-order valence-electron chi connectivity index (χ2n) is 1.41. The Labute approximate surface area is 49.5 Å². The van der Waals surface area contributed by atoms with E-state index in [-0.39, 0.29) is 5.82 Å². The summed E-state index contributed by atoms with van der Waals surface area (Å²) in [5.41, 5.74) is 4.98. The van der Waals surface area contributed by atoms with Gasteiger partial charge in [-0.25, -0.2) is 0 Å². The first-order chi connectivity index (χ1) is 4.20. The molecule has 0 saturated carbocycles. The molecule has 0 aliphatic heterocycles. The average Bonchev–Trinajstić information content (AvgIpc) is 2.14. The number of nitrogen functional groups attached to an aromatic ring is 1. The van der Waals surface area contributed by atoms with Crippen molar-refractivity contribution in [1.29, 1.82) is 0 Å². The Balaban J connectivity index is 2.85. The predicted molar refractivity (Wildman–Crippen MR) is 25.9 cm³/mol. The molecule has 0 fully saturated rings. The van der Waals surface area contributed by atoms with Crippen LogP contribution in [0.5, 0.6) is 0 Å². The summed E-state index contributed by atoms with van der Waals surface area (Å²) in [6, 6.07) is 0. The number of alkyl halides is 2. The average molecular weight is 134 g/mol. The lowest BCUT2D eigenvalue weighted by Gasteiger charge is -1.85. The Morgan fingerprint density at radius 2 is 2.33 bits per heavy atom. The highest BCUT2D eigenvalue weighted by atomic mass is 19.3. The first kappa shape index (κ1) is 6.00. The van der Waals surface area contributed by atoms with Crippen molar-refractivity contribution in [3.05, 3.63) is 12.2 Å². The van der Waals surface area contributed by atoms with Crippen LogP contribution in [0.4, 0.5) is 14.6 Å². The Morgan fingerprint density at radius 3 is 2.56 bits per heavy atom. The lowest BCUT2D eigenvalue weighted by Crippen LogP contribution is -1.86. The molecule has 0 aliphatic carbocycles. The molecule has 0 atom stereocenters. The third-order valence-corrected chi connectivity index (χ3v) is 0.726. The number of oxazole rings is 1.